The molecule has 1 aromatic rings. The average molecular weight is 249 g/mol. The molecule has 0 amide bonds. The van der Waals surface area contributed by atoms with Crippen LogP contribution >= 0.6 is 0 Å². The predicted octanol–water partition coefficient (Wildman–Crippen LogP) is 0.359. The van der Waals surface area contributed by atoms with Crippen molar-refractivity contribution in [2.45, 2.75) is 31.8 Å². The summed E-state index contributed by atoms with van der Waals surface area (Å²) in [6.45, 7) is 0.772. The summed E-state index contributed by atoms with van der Waals surface area (Å²) >= 11 is 0. The molecule has 0 radical (unpaired) electrons. The van der Waals surface area contributed by atoms with Crippen molar-refractivity contribution in [1.82, 2.24) is 4.90 Å². The van der Waals surface area contributed by atoms with E-state index < -0.39 is 7.12 Å². The van der Waals surface area contributed by atoms with Crippen molar-refractivity contribution in [3.63, 3.8) is 0 Å². The molecule has 1 aromatic carbocycles. The number of ether oxygens (including phenoxy) is 1. The van der Waals surface area contributed by atoms with Gasteiger partial charge in [0.05, 0.1) is 7.11 Å². The van der Waals surface area contributed by atoms with E-state index in [1.165, 1.54) is 19.3 Å². The highest BCUT2D eigenvalue weighted by Gasteiger charge is 2.23. The number of hydrogen-bond acceptors (Lipinski definition) is 4. The molecular formula is C13H20BNO3. The molecule has 1 fully saturated rings. The maximum Gasteiger partial charge on any atom is 0.488 e. The Balaban J connectivity index is 2.15. The predicted molar refractivity (Wildman–Crippen MR) is 71.9 cm³/mol. The van der Waals surface area contributed by atoms with Gasteiger partial charge in [-0.3, -0.25) is 4.90 Å². The lowest BCUT2D eigenvalue weighted by molar-refractivity contribution is 0.151. The summed E-state index contributed by atoms with van der Waals surface area (Å²) in [7, 11) is 2.31. The Bertz CT molecular complexity index is 407. The van der Waals surface area contributed by atoms with Gasteiger partial charge in [-0.25, -0.2) is 0 Å². The van der Waals surface area contributed by atoms with E-state index in [4.69, 9.17) is 4.74 Å². The van der Waals surface area contributed by atoms with Crippen LogP contribution in [0.2, 0.25) is 0 Å². The molecule has 1 aliphatic rings. The van der Waals surface area contributed by atoms with Crippen molar-refractivity contribution < 1.29 is 14.8 Å². The fraction of sp³-hybridized carbons (Fsp3) is 0.538. The molecular weight excluding hydrogens is 229 g/mol. The maximum atomic E-state index is 9.21. The summed E-state index contributed by atoms with van der Waals surface area (Å²) in [6, 6.07) is 5.92. The maximum absolute atomic E-state index is 9.21. The Morgan fingerprint density at radius 2 is 2.11 bits per heavy atom. The average Bonchev–Trinajstić information content (AvgIpc) is 2.26. The SMILES string of the molecule is COc1ccc(B(O)O)cc1CN(C)C1CCC1. The molecule has 2 N–H and O–H groups in total. The molecule has 0 heterocycles. The van der Waals surface area contributed by atoms with Crippen molar-refractivity contribution in [3.8, 4) is 5.75 Å². The minimum Gasteiger partial charge on any atom is -0.496 e. The van der Waals surface area contributed by atoms with Gasteiger partial charge in [0.15, 0.2) is 0 Å². The highest BCUT2D eigenvalue weighted by molar-refractivity contribution is 6.58. The van der Waals surface area contributed by atoms with Gasteiger partial charge in [0.25, 0.3) is 0 Å². The van der Waals surface area contributed by atoms with Gasteiger partial charge in [0, 0.05) is 18.2 Å². The fourth-order valence-corrected chi connectivity index (χ4v) is 2.31. The number of benzene rings is 1. The summed E-state index contributed by atoms with van der Waals surface area (Å²) in [4.78, 5) is 2.30. The Morgan fingerprint density at radius 1 is 1.39 bits per heavy atom. The number of methoxy groups -OCH3 is 1. The van der Waals surface area contributed by atoms with E-state index in [-0.39, 0.29) is 0 Å². The van der Waals surface area contributed by atoms with Crippen LogP contribution in [-0.2, 0) is 6.54 Å². The zero-order valence-corrected chi connectivity index (χ0v) is 11.0. The Kier molecular flexibility index (Phi) is 4.27. The van der Waals surface area contributed by atoms with Crippen LogP contribution in [0, 0.1) is 0 Å². The molecule has 0 aromatic heterocycles. The Morgan fingerprint density at radius 3 is 2.61 bits per heavy atom. The van der Waals surface area contributed by atoms with Crippen LogP contribution in [0.25, 0.3) is 0 Å². The van der Waals surface area contributed by atoms with Crippen molar-refractivity contribution in [3.05, 3.63) is 23.8 Å². The first-order valence-corrected chi connectivity index (χ1v) is 6.35. The van der Waals surface area contributed by atoms with E-state index in [0.29, 0.717) is 11.5 Å². The van der Waals surface area contributed by atoms with E-state index in [9.17, 15) is 10.0 Å². The lowest BCUT2D eigenvalue weighted by atomic mass is 9.79. The quantitative estimate of drug-likeness (QED) is 0.740. The fourth-order valence-electron chi connectivity index (χ4n) is 2.31. The van der Waals surface area contributed by atoms with Crippen LogP contribution in [0.5, 0.6) is 5.75 Å². The largest absolute Gasteiger partial charge is 0.496 e. The van der Waals surface area contributed by atoms with Crippen LogP contribution in [0.3, 0.4) is 0 Å². The zero-order valence-electron chi connectivity index (χ0n) is 11.0. The molecule has 98 valence electrons. The summed E-state index contributed by atoms with van der Waals surface area (Å²) in [5.74, 6) is 0.797. The van der Waals surface area contributed by atoms with Gasteiger partial charge in [-0.1, -0.05) is 18.6 Å². The smallest absolute Gasteiger partial charge is 0.488 e. The van der Waals surface area contributed by atoms with Gasteiger partial charge in [-0.15, -0.1) is 0 Å². The van der Waals surface area contributed by atoms with Crippen molar-refractivity contribution in [2.75, 3.05) is 14.2 Å². The van der Waals surface area contributed by atoms with E-state index in [1.54, 1.807) is 25.3 Å². The van der Waals surface area contributed by atoms with Crippen molar-refractivity contribution in [2.24, 2.45) is 0 Å². The Hall–Kier alpha value is -1.04. The first-order chi connectivity index (χ1) is 8.61. The molecule has 18 heavy (non-hydrogen) atoms. The zero-order chi connectivity index (χ0) is 13.1. The normalized spacial score (nSPS) is 15.6. The van der Waals surface area contributed by atoms with Gasteiger partial charge in [-0.05, 0) is 31.4 Å². The third-order valence-electron chi connectivity index (χ3n) is 3.72. The summed E-state index contributed by atoms with van der Waals surface area (Å²) < 4.78 is 5.32. The second-order valence-electron chi connectivity index (χ2n) is 4.94. The van der Waals surface area contributed by atoms with Crippen LogP contribution in [0.4, 0.5) is 0 Å². The summed E-state index contributed by atoms with van der Waals surface area (Å²) in [5.41, 5.74) is 1.50. The molecule has 0 saturated heterocycles. The molecule has 0 unspecified atom stereocenters. The minimum absolute atomic E-state index is 0.507. The van der Waals surface area contributed by atoms with Crippen LogP contribution in [0.15, 0.2) is 18.2 Å². The molecule has 5 heteroatoms. The van der Waals surface area contributed by atoms with Gasteiger partial charge in [-0.2, -0.15) is 0 Å². The molecule has 0 aliphatic heterocycles. The first-order valence-electron chi connectivity index (χ1n) is 6.35. The second-order valence-corrected chi connectivity index (χ2v) is 4.94. The molecule has 0 spiro atoms. The van der Waals surface area contributed by atoms with Crippen LogP contribution in [-0.4, -0.2) is 42.3 Å². The third kappa shape index (κ3) is 2.86. The highest BCUT2D eigenvalue weighted by atomic mass is 16.5. The molecule has 0 bridgehead atoms. The molecule has 0 atom stereocenters. The van der Waals surface area contributed by atoms with Crippen molar-refractivity contribution >= 4 is 12.6 Å². The second kappa shape index (κ2) is 5.74. The first kappa shape index (κ1) is 13.4. The number of nitrogens with zero attached hydrogens (tertiary/aromatic N) is 1. The third-order valence-corrected chi connectivity index (χ3v) is 3.72. The van der Waals surface area contributed by atoms with Gasteiger partial charge >= 0.3 is 7.12 Å². The van der Waals surface area contributed by atoms with Gasteiger partial charge in [0.2, 0.25) is 0 Å². The monoisotopic (exact) mass is 249 g/mol. The number of rotatable bonds is 5. The van der Waals surface area contributed by atoms with E-state index in [0.717, 1.165) is 17.9 Å². The molecule has 1 aliphatic carbocycles. The van der Waals surface area contributed by atoms with Gasteiger partial charge in [0.1, 0.15) is 5.75 Å². The minimum atomic E-state index is -1.43. The number of hydrogen-bond donors (Lipinski definition) is 2. The van der Waals surface area contributed by atoms with E-state index in [2.05, 4.69) is 11.9 Å². The van der Waals surface area contributed by atoms with Crippen LogP contribution in [0.1, 0.15) is 24.8 Å². The van der Waals surface area contributed by atoms with E-state index >= 15 is 0 Å². The van der Waals surface area contributed by atoms with Crippen LogP contribution < -0.4 is 10.2 Å². The molecule has 1 saturated carbocycles. The van der Waals surface area contributed by atoms with E-state index in [1.807, 2.05) is 0 Å². The standard InChI is InChI=1S/C13H20BNO3/c1-15(12-4-3-5-12)9-10-8-11(14(16)17)6-7-13(10)18-2/h6-8,12,16-17H,3-5,9H2,1-2H3. The molecule has 2 rings (SSSR count). The van der Waals surface area contributed by atoms with Crippen molar-refractivity contribution in [1.29, 1.82) is 0 Å². The highest BCUT2D eigenvalue weighted by Crippen LogP contribution is 2.26. The lowest BCUT2D eigenvalue weighted by Crippen LogP contribution is -2.37. The summed E-state index contributed by atoms with van der Waals surface area (Å²) in [6.07, 6.45) is 3.81. The topological polar surface area (TPSA) is 52.9 Å². The Labute approximate surface area is 108 Å². The van der Waals surface area contributed by atoms with Gasteiger partial charge < -0.3 is 14.8 Å². The molecule has 4 nitrogen and oxygen atoms in total. The lowest BCUT2D eigenvalue weighted by Gasteiger charge is -2.35. The summed E-state index contributed by atoms with van der Waals surface area (Å²) in [5, 5.41) is 18.4.